The lowest BCUT2D eigenvalue weighted by molar-refractivity contribution is -0.384. The lowest BCUT2D eigenvalue weighted by Gasteiger charge is -2.41. The number of thiophene rings is 1. The van der Waals surface area contributed by atoms with Gasteiger partial charge in [-0.3, -0.25) is 19.8 Å². The van der Waals surface area contributed by atoms with Crippen molar-refractivity contribution in [3.8, 4) is 0 Å². The molecule has 0 aliphatic carbocycles. The van der Waals surface area contributed by atoms with E-state index < -0.39 is 4.92 Å². The predicted molar refractivity (Wildman–Crippen MR) is 111 cm³/mol. The van der Waals surface area contributed by atoms with Gasteiger partial charge in [-0.1, -0.05) is 13.0 Å². The molecule has 7 nitrogen and oxygen atoms in total. The van der Waals surface area contributed by atoms with Crippen LogP contribution in [0.5, 0.6) is 0 Å². The van der Waals surface area contributed by atoms with Gasteiger partial charge in [0, 0.05) is 54.8 Å². The molecule has 1 aliphatic rings. The Morgan fingerprint density at radius 1 is 1.21 bits per heavy atom. The van der Waals surface area contributed by atoms with Gasteiger partial charge in [-0.15, -0.1) is 11.3 Å². The number of non-ortho nitro benzene ring substituents is 1. The third-order valence-corrected chi connectivity index (χ3v) is 6.20. The predicted octanol–water partition coefficient (Wildman–Crippen LogP) is 3.15. The van der Waals surface area contributed by atoms with E-state index >= 15 is 0 Å². The van der Waals surface area contributed by atoms with Crippen LogP contribution in [-0.4, -0.2) is 59.4 Å². The molecule has 0 saturated carbocycles. The maximum Gasteiger partial charge on any atom is 0.269 e. The van der Waals surface area contributed by atoms with Crippen LogP contribution in [0.15, 0.2) is 41.8 Å². The zero-order valence-electron chi connectivity index (χ0n) is 16.2. The van der Waals surface area contributed by atoms with Crippen molar-refractivity contribution >= 4 is 22.9 Å². The SMILES string of the molecule is CCN1CCN([C@@H](c2cccs2)[C@@H](C)NC(=O)c2ccc([N+](=O)[O-])cc2)CC1. The minimum atomic E-state index is -0.465. The molecule has 0 radical (unpaired) electrons. The first-order valence-electron chi connectivity index (χ1n) is 9.54. The van der Waals surface area contributed by atoms with Gasteiger partial charge in [0.1, 0.15) is 0 Å². The lowest BCUT2D eigenvalue weighted by Crippen LogP contribution is -2.52. The molecule has 1 fully saturated rings. The second-order valence-corrected chi connectivity index (χ2v) is 7.98. The average Bonchev–Trinajstić information content (AvgIpc) is 3.23. The number of nitro benzene ring substituents is 1. The van der Waals surface area contributed by atoms with E-state index in [1.165, 1.54) is 29.1 Å². The fourth-order valence-electron chi connectivity index (χ4n) is 3.66. The number of nitrogens with one attached hydrogen (secondary N) is 1. The highest BCUT2D eigenvalue weighted by Gasteiger charge is 2.30. The highest BCUT2D eigenvalue weighted by atomic mass is 32.1. The van der Waals surface area contributed by atoms with Crippen molar-refractivity contribution in [3.63, 3.8) is 0 Å². The van der Waals surface area contributed by atoms with Gasteiger partial charge in [0.05, 0.1) is 11.0 Å². The van der Waals surface area contributed by atoms with Crippen molar-refractivity contribution in [2.45, 2.75) is 25.9 Å². The van der Waals surface area contributed by atoms with Gasteiger partial charge in [0.2, 0.25) is 0 Å². The number of benzene rings is 1. The molecule has 1 aromatic heterocycles. The zero-order chi connectivity index (χ0) is 20.1. The number of hydrogen-bond donors (Lipinski definition) is 1. The first-order valence-corrected chi connectivity index (χ1v) is 10.4. The topological polar surface area (TPSA) is 78.7 Å². The molecule has 1 N–H and O–H groups in total. The fraction of sp³-hybridized carbons (Fsp3) is 0.450. The van der Waals surface area contributed by atoms with Crippen LogP contribution >= 0.6 is 11.3 Å². The highest BCUT2D eigenvalue weighted by molar-refractivity contribution is 7.10. The summed E-state index contributed by atoms with van der Waals surface area (Å²) in [4.78, 5) is 29.1. The minimum absolute atomic E-state index is 0.0187. The summed E-state index contributed by atoms with van der Waals surface area (Å²) in [6.45, 7) is 9.26. The average molecular weight is 403 g/mol. The van der Waals surface area contributed by atoms with Crippen LogP contribution in [0.4, 0.5) is 5.69 Å². The van der Waals surface area contributed by atoms with Crippen molar-refractivity contribution in [2.24, 2.45) is 0 Å². The molecular formula is C20H26N4O3S. The van der Waals surface area contributed by atoms with Crippen LogP contribution in [0, 0.1) is 10.1 Å². The van der Waals surface area contributed by atoms with E-state index in [1.54, 1.807) is 11.3 Å². The van der Waals surface area contributed by atoms with Crippen molar-refractivity contribution in [3.05, 3.63) is 62.3 Å². The molecule has 1 aromatic carbocycles. The highest BCUT2D eigenvalue weighted by Crippen LogP contribution is 2.29. The van der Waals surface area contributed by atoms with Gasteiger partial charge in [-0.2, -0.15) is 0 Å². The van der Waals surface area contributed by atoms with Gasteiger partial charge in [0.15, 0.2) is 0 Å². The van der Waals surface area contributed by atoms with E-state index in [1.807, 2.05) is 13.0 Å². The van der Waals surface area contributed by atoms with Gasteiger partial charge < -0.3 is 10.2 Å². The van der Waals surface area contributed by atoms with Crippen molar-refractivity contribution in [1.82, 2.24) is 15.1 Å². The maximum absolute atomic E-state index is 12.7. The smallest absolute Gasteiger partial charge is 0.269 e. The van der Waals surface area contributed by atoms with E-state index in [2.05, 4.69) is 33.5 Å². The number of nitro groups is 1. The van der Waals surface area contributed by atoms with Gasteiger partial charge >= 0.3 is 0 Å². The summed E-state index contributed by atoms with van der Waals surface area (Å²) in [6.07, 6.45) is 0. The molecule has 3 rings (SSSR count). The molecule has 1 aliphatic heterocycles. The summed E-state index contributed by atoms with van der Waals surface area (Å²) in [6, 6.07) is 9.91. The Morgan fingerprint density at radius 2 is 1.89 bits per heavy atom. The molecule has 2 heterocycles. The monoisotopic (exact) mass is 402 g/mol. The number of carbonyl (C=O) groups excluding carboxylic acids is 1. The summed E-state index contributed by atoms with van der Waals surface area (Å²) in [5.74, 6) is -0.212. The Hall–Kier alpha value is -2.29. The standard InChI is InChI=1S/C20H26N4O3S/c1-3-22-10-12-23(13-11-22)19(18-5-4-14-28-18)15(2)21-20(25)16-6-8-17(9-7-16)24(26)27/h4-9,14-15,19H,3,10-13H2,1-2H3,(H,21,25)/t15-,19-/m1/s1. The number of piperazine rings is 1. The van der Waals surface area contributed by atoms with Gasteiger partial charge in [0.25, 0.3) is 11.6 Å². The lowest BCUT2D eigenvalue weighted by atomic mass is 10.0. The van der Waals surface area contributed by atoms with E-state index in [0.717, 1.165) is 32.7 Å². The Kier molecular flexibility index (Phi) is 6.77. The normalized spacial score (nSPS) is 17.8. The second-order valence-electron chi connectivity index (χ2n) is 7.00. The van der Waals surface area contributed by atoms with Crippen LogP contribution in [0.2, 0.25) is 0 Å². The number of amides is 1. The third-order valence-electron chi connectivity index (χ3n) is 5.25. The third kappa shape index (κ3) is 4.76. The molecule has 28 heavy (non-hydrogen) atoms. The van der Waals surface area contributed by atoms with Gasteiger partial charge in [-0.25, -0.2) is 0 Å². The first kappa shape index (κ1) is 20.4. The van der Waals surface area contributed by atoms with Gasteiger partial charge in [-0.05, 0) is 37.0 Å². The zero-order valence-corrected chi connectivity index (χ0v) is 17.0. The number of hydrogen-bond acceptors (Lipinski definition) is 6. The summed E-state index contributed by atoms with van der Waals surface area (Å²) >= 11 is 1.71. The molecule has 1 saturated heterocycles. The fourth-order valence-corrected chi connectivity index (χ4v) is 4.63. The second kappa shape index (κ2) is 9.27. The van der Waals surface area contributed by atoms with Crippen LogP contribution in [0.25, 0.3) is 0 Å². The van der Waals surface area contributed by atoms with Crippen LogP contribution in [0.3, 0.4) is 0 Å². The van der Waals surface area contributed by atoms with Crippen LogP contribution in [0.1, 0.15) is 35.1 Å². The first-order chi connectivity index (χ1) is 13.5. The molecule has 0 spiro atoms. The maximum atomic E-state index is 12.7. The number of nitrogens with zero attached hydrogens (tertiary/aromatic N) is 3. The van der Waals surface area contributed by atoms with E-state index in [4.69, 9.17) is 0 Å². The quantitative estimate of drug-likeness (QED) is 0.569. The van der Waals surface area contributed by atoms with Crippen molar-refractivity contribution < 1.29 is 9.72 Å². The summed E-state index contributed by atoms with van der Waals surface area (Å²) in [5.41, 5.74) is 0.410. The summed E-state index contributed by atoms with van der Waals surface area (Å²) in [5, 5.41) is 16.0. The Labute approximate surface area is 169 Å². The Morgan fingerprint density at radius 3 is 2.43 bits per heavy atom. The molecule has 1 amide bonds. The summed E-state index contributed by atoms with van der Waals surface area (Å²) in [7, 11) is 0. The van der Waals surface area contributed by atoms with Crippen LogP contribution in [-0.2, 0) is 0 Å². The van der Waals surface area contributed by atoms with Crippen molar-refractivity contribution in [1.29, 1.82) is 0 Å². The largest absolute Gasteiger partial charge is 0.348 e. The summed E-state index contributed by atoms with van der Waals surface area (Å²) < 4.78 is 0. The van der Waals surface area contributed by atoms with Crippen molar-refractivity contribution in [2.75, 3.05) is 32.7 Å². The van der Waals surface area contributed by atoms with E-state index in [9.17, 15) is 14.9 Å². The minimum Gasteiger partial charge on any atom is -0.348 e. The Balaban J connectivity index is 1.71. The number of carbonyl (C=O) groups is 1. The molecule has 0 unspecified atom stereocenters. The molecular weight excluding hydrogens is 376 g/mol. The van der Waals surface area contributed by atoms with E-state index in [-0.39, 0.29) is 23.7 Å². The number of rotatable bonds is 7. The Bertz CT molecular complexity index is 786. The molecule has 2 atom stereocenters. The van der Waals surface area contributed by atoms with Crippen LogP contribution < -0.4 is 5.32 Å². The molecule has 0 bridgehead atoms. The molecule has 150 valence electrons. The van der Waals surface area contributed by atoms with E-state index in [0.29, 0.717) is 5.56 Å². The molecule has 2 aromatic rings. The molecule has 8 heteroatoms. The number of likely N-dealkylation sites (N-methyl/N-ethyl adjacent to an activating group) is 1.